The largest absolute Gasteiger partial charge is 0.494 e. The average molecular weight is 931 g/mol. The summed E-state index contributed by atoms with van der Waals surface area (Å²) >= 11 is 0. The quantitative estimate of drug-likeness (QED) is 0.0886. The molecule has 18 heteroatoms. The van der Waals surface area contributed by atoms with Crippen LogP contribution in [0, 0.1) is 11.6 Å². The number of halogens is 2. The number of anilines is 8. The van der Waals surface area contributed by atoms with E-state index in [4.69, 9.17) is 29.4 Å². The van der Waals surface area contributed by atoms with Crippen molar-refractivity contribution in [3.63, 3.8) is 0 Å². The molecule has 368 valence electrons. The minimum Gasteiger partial charge on any atom is -0.494 e. The van der Waals surface area contributed by atoms with E-state index < -0.39 is 11.6 Å². The fourth-order valence-corrected chi connectivity index (χ4v) is 9.34. The maximum absolute atomic E-state index is 14.2. The highest BCUT2D eigenvalue weighted by Crippen LogP contribution is 2.29. The van der Waals surface area contributed by atoms with Crippen molar-refractivity contribution in [2.45, 2.75) is 134 Å². The Morgan fingerprint density at radius 2 is 0.851 bits per heavy atom. The van der Waals surface area contributed by atoms with Crippen LogP contribution in [0.4, 0.5) is 55.8 Å². The van der Waals surface area contributed by atoms with Gasteiger partial charge < -0.3 is 50.3 Å². The lowest BCUT2D eigenvalue weighted by atomic mass is 10.0. The van der Waals surface area contributed by atoms with Gasteiger partial charge in [-0.2, -0.15) is 29.9 Å². The molecule has 2 aromatic heterocycles. The molecule has 2 aliphatic heterocycles. The molecule has 0 unspecified atom stereocenters. The van der Waals surface area contributed by atoms with Gasteiger partial charge in [0.25, 0.3) is 0 Å². The lowest BCUT2D eigenvalue weighted by molar-refractivity contribution is 0.252. The van der Waals surface area contributed by atoms with Crippen LogP contribution in [0.1, 0.15) is 110 Å². The second kappa shape index (κ2) is 25.1. The molecule has 4 aliphatic rings. The van der Waals surface area contributed by atoms with E-state index in [0.717, 1.165) is 77.5 Å². The number of aromatic nitrogens is 6. The van der Waals surface area contributed by atoms with Crippen LogP contribution in [0.3, 0.4) is 0 Å². The predicted molar refractivity (Wildman–Crippen MR) is 267 cm³/mol. The first-order valence-electron chi connectivity index (χ1n) is 24.1. The third kappa shape index (κ3) is 14.8. The Morgan fingerprint density at radius 3 is 1.18 bits per heavy atom. The van der Waals surface area contributed by atoms with E-state index in [9.17, 15) is 8.78 Å². The lowest BCUT2D eigenvalue weighted by Crippen LogP contribution is -2.42. The molecule has 2 aromatic carbocycles. The molecule has 2 saturated heterocycles. The molecular formula is C49H76F2N14O2. The molecule has 4 heterocycles. The first-order valence-corrected chi connectivity index (χ1v) is 24.1. The molecule has 4 aromatic rings. The third-order valence-electron chi connectivity index (χ3n) is 13.5. The second-order valence-electron chi connectivity index (χ2n) is 18.5. The highest BCUT2D eigenvalue weighted by molar-refractivity contribution is 5.59. The zero-order chi connectivity index (χ0) is 46.4. The summed E-state index contributed by atoms with van der Waals surface area (Å²) in [7, 11) is 11.3. The van der Waals surface area contributed by atoms with Crippen LogP contribution < -0.4 is 40.5 Å². The monoisotopic (exact) mass is 931 g/mol. The molecule has 8 rings (SSSR count). The lowest BCUT2D eigenvalue weighted by Gasteiger charge is -2.35. The number of nitrogens with one attached hydrogen (secondary N) is 4. The summed E-state index contributed by atoms with van der Waals surface area (Å²) in [5.74, 6) is 2.75. The van der Waals surface area contributed by atoms with Gasteiger partial charge in [-0.25, -0.2) is 8.78 Å². The molecule has 2 saturated carbocycles. The van der Waals surface area contributed by atoms with Crippen LogP contribution >= 0.6 is 0 Å². The van der Waals surface area contributed by atoms with Crippen molar-refractivity contribution in [1.82, 2.24) is 39.7 Å². The van der Waals surface area contributed by atoms with Crippen molar-refractivity contribution in [3.8, 4) is 11.5 Å². The molecule has 4 fully saturated rings. The molecular weight excluding hydrogens is 855 g/mol. The van der Waals surface area contributed by atoms with Gasteiger partial charge in [0.2, 0.25) is 35.7 Å². The fraction of sp³-hybridized carbons (Fsp3) is 0.633. The summed E-state index contributed by atoms with van der Waals surface area (Å²) in [6.07, 6.45) is 18.8. The van der Waals surface area contributed by atoms with Gasteiger partial charge in [-0.1, -0.05) is 58.8 Å². The third-order valence-corrected chi connectivity index (χ3v) is 13.5. The smallest absolute Gasteiger partial charge is 0.233 e. The highest BCUT2D eigenvalue weighted by Gasteiger charge is 2.26. The van der Waals surface area contributed by atoms with Gasteiger partial charge in [-0.3, -0.25) is 0 Å². The van der Waals surface area contributed by atoms with Crippen molar-refractivity contribution in [1.29, 1.82) is 0 Å². The summed E-state index contributed by atoms with van der Waals surface area (Å²) in [5, 5.41) is 13.4. The van der Waals surface area contributed by atoms with Gasteiger partial charge in [0.15, 0.2) is 23.1 Å². The summed E-state index contributed by atoms with van der Waals surface area (Å²) in [4.78, 5) is 37.2. The highest BCUT2D eigenvalue weighted by atomic mass is 19.1. The number of hydrogen-bond donors (Lipinski definition) is 4. The number of hydrogen-bond acceptors (Lipinski definition) is 16. The molecule has 2 aliphatic carbocycles. The van der Waals surface area contributed by atoms with Crippen LogP contribution in [-0.4, -0.2) is 132 Å². The van der Waals surface area contributed by atoms with Crippen LogP contribution in [-0.2, 0) is 0 Å². The molecule has 0 radical (unpaired) electrons. The Bertz CT molecular complexity index is 1970. The number of likely N-dealkylation sites (tertiary alicyclic amines) is 2. The standard InChI is InChI=1S/2C24H36FN7O.CH4/c2*1-31-14-12-19(13-15-31)32(2)24-29-22(26-17-8-6-4-5-7-9-17)28-23(30-24)27-18-10-11-21(33-3)20(25)16-18;/h2*10-11,16-17,19H,4-9,12-15H2,1-3H3,(H2,26,27,28,29,30);1H4. The molecule has 16 nitrogen and oxygen atoms in total. The molecule has 4 N–H and O–H groups in total. The van der Waals surface area contributed by atoms with E-state index in [2.05, 4.69) is 79.0 Å². The zero-order valence-electron chi connectivity index (χ0n) is 40.0. The summed E-state index contributed by atoms with van der Waals surface area (Å²) in [6.45, 7) is 4.24. The molecule has 67 heavy (non-hydrogen) atoms. The van der Waals surface area contributed by atoms with Gasteiger partial charge in [-0.05, 0) is 116 Å². The van der Waals surface area contributed by atoms with Crippen LogP contribution in [0.25, 0.3) is 0 Å². The Labute approximate surface area is 397 Å². The Morgan fingerprint density at radius 1 is 0.507 bits per heavy atom. The van der Waals surface area contributed by atoms with E-state index in [1.165, 1.54) is 77.7 Å². The minimum absolute atomic E-state index is 0. The van der Waals surface area contributed by atoms with E-state index in [0.29, 0.717) is 71.2 Å². The van der Waals surface area contributed by atoms with Crippen LogP contribution in [0.5, 0.6) is 11.5 Å². The molecule has 0 bridgehead atoms. The van der Waals surface area contributed by atoms with Crippen molar-refractivity contribution >= 4 is 47.1 Å². The van der Waals surface area contributed by atoms with E-state index in [1.807, 2.05) is 0 Å². The Hall–Kier alpha value is -5.36. The topological polar surface area (TPSA) is 157 Å². The molecule has 0 amide bonds. The van der Waals surface area contributed by atoms with Crippen LogP contribution in [0.2, 0.25) is 0 Å². The van der Waals surface area contributed by atoms with Gasteiger partial charge in [-0.15, -0.1) is 0 Å². The normalized spacial score (nSPS) is 18.3. The van der Waals surface area contributed by atoms with Gasteiger partial charge in [0, 0.05) is 61.8 Å². The van der Waals surface area contributed by atoms with Crippen molar-refractivity contribution in [2.75, 3.05) is 99.7 Å². The Kier molecular flexibility index (Phi) is 19.1. The SMILES string of the molecule is C.COc1ccc(Nc2nc(NC3CCCCCC3)nc(N(C)C3CCN(C)CC3)n2)cc1F.COc1ccc(Nc2nc(NC3CCCCCC3)nc(N(C)C3CCN(C)CC3)n2)cc1F. The van der Waals surface area contributed by atoms with Gasteiger partial charge in [0.1, 0.15) is 0 Å². The van der Waals surface area contributed by atoms with E-state index in [-0.39, 0.29) is 18.9 Å². The number of piperidine rings is 2. The number of nitrogens with zero attached hydrogens (tertiary/aromatic N) is 10. The number of methoxy groups -OCH3 is 2. The fourth-order valence-electron chi connectivity index (χ4n) is 9.34. The second-order valence-corrected chi connectivity index (χ2v) is 18.5. The van der Waals surface area contributed by atoms with Gasteiger partial charge in [0.05, 0.1) is 14.2 Å². The minimum atomic E-state index is -0.433. The van der Waals surface area contributed by atoms with Crippen molar-refractivity contribution < 1.29 is 18.3 Å². The summed E-state index contributed by atoms with van der Waals surface area (Å²) < 4.78 is 38.5. The first kappa shape index (κ1) is 51.0. The number of ether oxygens (including phenoxy) is 2. The van der Waals surface area contributed by atoms with Crippen molar-refractivity contribution in [2.24, 2.45) is 0 Å². The van der Waals surface area contributed by atoms with E-state index in [1.54, 1.807) is 24.3 Å². The van der Waals surface area contributed by atoms with Crippen molar-refractivity contribution in [3.05, 3.63) is 48.0 Å². The maximum Gasteiger partial charge on any atom is 0.233 e. The summed E-state index contributed by atoms with van der Waals surface area (Å²) in [5.41, 5.74) is 1.13. The number of rotatable bonds is 14. The van der Waals surface area contributed by atoms with Crippen LogP contribution in [0.15, 0.2) is 36.4 Å². The zero-order valence-corrected chi connectivity index (χ0v) is 40.0. The van der Waals surface area contributed by atoms with E-state index >= 15 is 0 Å². The first-order chi connectivity index (χ1) is 32.0. The number of benzene rings is 2. The maximum atomic E-state index is 14.2. The average Bonchev–Trinajstić information content (AvgIpc) is 3.74. The molecule has 0 spiro atoms. The summed E-state index contributed by atoms with van der Waals surface area (Å²) in [6, 6.07) is 11.0. The predicted octanol–water partition coefficient (Wildman–Crippen LogP) is 9.49. The van der Waals surface area contributed by atoms with Gasteiger partial charge >= 0.3 is 0 Å². The molecule has 0 atom stereocenters. The Balaban J connectivity index is 0.000000218.